The number of nitrogens with two attached hydrogens (primary N) is 1. The van der Waals surface area contributed by atoms with E-state index >= 15 is 0 Å². The third-order valence-corrected chi connectivity index (χ3v) is 3.19. The highest BCUT2D eigenvalue weighted by Gasteiger charge is 2.27. The Kier molecular flexibility index (Phi) is 6.05. The van der Waals surface area contributed by atoms with Gasteiger partial charge < -0.3 is 20.1 Å². The Hall–Kier alpha value is -1.72. The maximum Gasteiger partial charge on any atom is 0.410 e. The smallest absolute Gasteiger partial charge is 0.410 e. The molecule has 0 aromatic carbocycles. The van der Waals surface area contributed by atoms with Gasteiger partial charge in [-0.15, -0.1) is 0 Å². The van der Waals surface area contributed by atoms with E-state index in [9.17, 15) is 9.59 Å². The van der Waals surface area contributed by atoms with Crippen LogP contribution in [0, 0.1) is 5.92 Å². The summed E-state index contributed by atoms with van der Waals surface area (Å²) in [7, 11) is 0. The van der Waals surface area contributed by atoms with Crippen molar-refractivity contribution < 1.29 is 19.1 Å². The summed E-state index contributed by atoms with van der Waals surface area (Å²) in [5.74, 6) is -0.308. The Morgan fingerprint density at radius 3 is 2.33 bits per heavy atom. The van der Waals surface area contributed by atoms with E-state index in [2.05, 4.69) is 0 Å². The van der Waals surface area contributed by atoms with Gasteiger partial charge >= 0.3 is 12.1 Å². The summed E-state index contributed by atoms with van der Waals surface area (Å²) in [6.45, 7) is 8.78. The highest BCUT2D eigenvalue weighted by atomic mass is 16.6. The van der Waals surface area contributed by atoms with Crippen molar-refractivity contribution in [3.63, 3.8) is 0 Å². The number of allylic oxidation sites excluding steroid dienone is 1. The lowest BCUT2D eigenvalue weighted by atomic mass is 9.93. The lowest BCUT2D eigenvalue weighted by Gasteiger charge is -2.33. The van der Waals surface area contributed by atoms with Crippen molar-refractivity contribution in [3.05, 3.63) is 11.8 Å². The SMILES string of the molecule is CCOC(=O)C=C(N)C1CCN(C(=O)OC(C)(C)C)CC1. The molecule has 1 fully saturated rings. The van der Waals surface area contributed by atoms with E-state index in [1.54, 1.807) is 11.8 Å². The Labute approximate surface area is 126 Å². The molecule has 1 amide bonds. The van der Waals surface area contributed by atoms with Gasteiger partial charge in [-0.3, -0.25) is 0 Å². The van der Waals surface area contributed by atoms with Gasteiger partial charge in [-0.25, -0.2) is 9.59 Å². The quantitative estimate of drug-likeness (QED) is 0.637. The molecule has 1 aliphatic rings. The molecular weight excluding hydrogens is 272 g/mol. The minimum absolute atomic E-state index is 0.105. The summed E-state index contributed by atoms with van der Waals surface area (Å²) in [6.07, 6.45) is 2.49. The van der Waals surface area contributed by atoms with E-state index < -0.39 is 11.6 Å². The molecular formula is C15H26N2O4. The molecule has 0 bridgehead atoms. The molecule has 0 aromatic rings. The second kappa shape index (κ2) is 7.33. The van der Waals surface area contributed by atoms with Gasteiger partial charge in [0.25, 0.3) is 0 Å². The van der Waals surface area contributed by atoms with E-state index in [-0.39, 0.29) is 12.0 Å². The van der Waals surface area contributed by atoms with Crippen LogP contribution in [0.25, 0.3) is 0 Å². The number of carbonyl (C=O) groups is 2. The number of carbonyl (C=O) groups excluding carboxylic acids is 2. The number of hydrogen-bond donors (Lipinski definition) is 1. The van der Waals surface area contributed by atoms with Crippen LogP contribution in [0.3, 0.4) is 0 Å². The van der Waals surface area contributed by atoms with E-state index in [1.807, 2.05) is 20.8 Å². The number of amides is 1. The molecule has 0 radical (unpaired) electrons. The van der Waals surface area contributed by atoms with Crippen LogP contribution in [0.1, 0.15) is 40.5 Å². The standard InChI is InChI=1S/C15H26N2O4/c1-5-20-13(18)10-12(16)11-6-8-17(9-7-11)14(19)21-15(2,3)4/h10-11H,5-9,16H2,1-4H3. The van der Waals surface area contributed by atoms with Crippen LogP contribution in [-0.2, 0) is 14.3 Å². The molecule has 0 atom stereocenters. The average molecular weight is 298 g/mol. The minimum atomic E-state index is -0.489. The first-order chi connectivity index (χ1) is 9.73. The number of esters is 1. The van der Waals surface area contributed by atoms with Crippen LogP contribution in [0.2, 0.25) is 0 Å². The van der Waals surface area contributed by atoms with E-state index in [4.69, 9.17) is 15.2 Å². The number of hydrogen-bond acceptors (Lipinski definition) is 5. The summed E-state index contributed by atoms with van der Waals surface area (Å²) < 4.78 is 10.2. The van der Waals surface area contributed by atoms with Crippen LogP contribution >= 0.6 is 0 Å². The number of likely N-dealkylation sites (tertiary alicyclic amines) is 1. The topological polar surface area (TPSA) is 81.9 Å². The first-order valence-electron chi connectivity index (χ1n) is 7.34. The number of nitrogens with zero attached hydrogens (tertiary/aromatic N) is 1. The third kappa shape index (κ3) is 6.06. The van der Waals surface area contributed by atoms with Crippen LogP contribution in [0.15, 0.2) is 11.8 Å². The summed E-state index contributed by atoms with van der Waals surface area (Å²) >= 11 is 0. The first kappa shape index (κ1) is 17.3. The van der Waals surface area contributed by atoms with E-state index in [1.165, 1.54) is 6.08 Å². The summed E-state index contributed by atoms with van der Waals surface area (Å²) in [5.41, 5.74) is 5.96. The molecule has 1 saturated heterocycles. The van der Waals surface area contributed by atoms with Crippen molar-refractivity contribution in [1.29, 1.82) is 0 Å². The fourth-order valence-corrected chi connectivity index (χ4v) is 2.16. The van der Waals surface area contributed by atoms with Crippen LogP contribution in [-0.4, -0.2) is 42.3 Å². The molecule has 6 nitrogen and oxygen atoms in total. The van der Waals surface area contributed by atoms with Gasteiger partial charge in [0.2, 0.25) is 0 Å². The highest BCUT2D eigenvalue weighted by Crippen LogP contribution is 2.23. The molecule has 1 aliphatic heterocycles. The molecule has 0 spiro atoms. The Bertz CT molecular complexity index is 404. The van der Waals surface area contributed by atoms with Crippen molar-refractivity contribution in [3.8, 4) is 0 Å². The predicted molar refractivity (Wildman–Crippen MR) is 79.4 cm³/mol. The van der Waals surface area contributed by atoms with E-state index in [0.717, 1.165) is 12.8 Å². The zero-order valence-corrected chi connectivity index (χ0v) is 13.3. The third-order valence-electron chi connectivity index (χ3n) is 3.19. The number of piperidine rings is 1. The Morgan fingerprint density at radius 1 is 1.29 bits per heavy atom. The van der Waals surface area contributed by atoms with Gasteiger partial charge in [0, 0.05) is 30.8 Å². The normalized spacial score (nSPS) is 17.5. The van der Waals surface area contributed by atoms with Gasteiger partial charge in [0.05, 0.1) is 6.61 Å². The lowest BCUT2D eigenvalue weighted by Crippen LogP contribution is -2.42. The number of ether oxygens (including phenoxy) is 2. The van der Waals surface area contributed by atoms with Crippen molar-refractivity contribution in [2.75, 3.05) is 19.7 Å². The molecule has 6 heteroatoms. The van der Waals surface area contributed by atoms with Gasteiger partial charge in [-0.05, 0) is 40.5 Å². The summed E-state index contributed by atoms with van der Waals surface area (Å²) in [6, 6.07) is 0. The first-order valence-corrected chi connectivity index (χ1v) is 7.34. The lowest BCUT2D eigenvalue weighted by molar-refractivity contribution is -0.137. The van der Waals surface area contributed by atoms with Crippen LogP contribution in [0.4, 0.5) is 4.79 Å². The fourth-order valence-electron chi connectivity index (χ4n) is 2.16. The van der Waals surface area contributed by atoms with Gasteiger partial charge in [0.1, 0.15) is 5.60 Å². The summed E-state index contributed by atoms with van der Waals surface area (Å²) in [4.78, 5) is 25.0. The summed E-state index contributed by atoms with van der Waals surface area (Å²) in [5, 5.41) is 0. The zero-order chi connectivity index (χ0) is 16.0. The zero-order valence-electron chi connectivity index (χ0n) is 13.3. The Morgan fingerprint density at radius 2 is 1.86 bits per heavy atom. The second-order valence-electron chi connectivity index (χ2n) is 6.14. The number of rotatable bonds is 3. The van der Waals surface area contributed by atoms with Crippen molar-refractivity contribution >= 4 is 12.1 Å². The molecule has 0 aromatic heterocycles. The minimum Gasteiger partial charge on any atom is -0.463 e. The van der Waals surface area contributed by atoms with Gasteiger partial charge in [-0.2, -0.15) is 0 Å². The maximum atomic E-state index is 11.9. The van der Waals surface area contributed by atoms with Crippen LogP contribution in [0.5, 0.6) is 0 Å². The molecule has 0 aliphatic carbocycles. The molecule has 0 saturated carbocycles. The van der Waals surface area contributed by atoms with E-state index in [0.29, 0.717) is 25.4 Å². The van der Waals surface area contributed by atoms with Gasteiger partial charge in [-0.1, -0.05) is 0 Å². The van der Waals surface area contributed by atoms with Crippen molar-refractivity contribution in [2.24, 2.45) is 11.7 Å². The maximum absolute atomic E-state index is 11.9. The van der Waals surface area contributed by atoms with Crippen molar-refractivity contribution in [2.45, 2.75) is 46.1 Å². The fraction of sp³-hybridized carbons (Fsp3) is 0.733. The van der Waals surface area contributed by atoms with Gasteiger partial charge in [0.15, 0.2) is 0 Å². The van der Waals surface area contributed by atoms with Crippen molar-refractivity contribution in [1.82, 2.24) is 4.90 Å². The molecule has 21 heavy (non-hydrogen) atoms. The average Bonchev–Trinajstić information content (AvgIpc) is 2.37. The van der Waals surface area contributed by atoms with Crippen LogP contribution < -0.4 is 5.73 Å². The molecule has 120 valence electrons. The molecule has 0 unspecified atom stereocenters. The molecule has 1 rings (SSSR count). The largest absolute Gasteiger partial charge is 0.463 e. The Balaban J connectivity index is 2.48. The monoisotopic (exact) mass is 298 g/mol. The molecule has 2 N–H and O–H groups in total. The molecule has 1 heterocycles. The predicted octanol–water partition coefficient (Wildman–Crippen LogP) is 2.04. The second-order valence-corrected chi connectivity index (χ2v) is 6.14. The highest BCUT2D eigenvalue weighted by molar-refractivity contribution is 5.82.